The highest BCUT2D eigenvalue weighted by Crippen LogP contribution is 2.31. The fourth-order valence-corrected chi connectivity index (χ4v) is 2.36. The molecule has 0 atom stereocenters. The second-order valence-corrected chi connectivity index (χ2v) is 5.11. The molecule has 0 spiro atoms. The van der Waals surface area contributed by atoms with Gasteiger partial charge in [0.2, 0.25) is 5.43 Å². The highest BCUT2D eigenvalue weighted by molar-refractivity contribution is 5.82. The number of hydrogen-bond donors (Lipinski definition) is 1. The Kier molecular flexibility index (Phi) is 4.25. The fraction of sp³-hybridized carbons (Fsp3) is 0.118. The van der Waals surface area contributed by atoms with Gasteiger partial charge in [-0.2, -0.15) is 0 Å². The minimum Gasteiger partial charge on any atom is -0.497 e. The molecule has 0 bridgehead atoms. The second-order valence-electron chi connectivity index (χ2n) is 5.11. The van der Waals surface area contributed by atoms with Gasteiger partial charge in [-0.05, 0) is 24.3 Å². The van der Waals surface area contributed by atoms with Crippen molar-refractivity contribution in [1.82, 2.24) is 0 Å². The van der Waals surface area contributed by atoms with Gasteiger partial charge in [0, 0.05) is 6.07 Å². The van der Waals surface area contributed by atoms with E-state index in [0.717, 1.165) is 0 Å². The molecule has 0 fully saturated rings. The van der Waals surface area contributed by atoms with Crippen LogP contribution < -0.4 is 20.2 Å². The number of ether oxygens (including phenoxy) is 2. The van der Waals surface area contributed by atoms with Crippen LogP contribution in [0.15, 0.2) is 51.9 Å². The number of nitro benzene ring substituents is 1. The maximum Gasteiger partial charge on any atom is 0.296 e. The molecule has 3 aromatic rings. The largest absolute Gasteiger partial charge is 0.497 e. The van der Waals surface area contributed by atoms with Crippen LogP contribution in [0.25, 0.3) is 11.0 Å². The van der Waals surface area contributed by atoms with E-state index in [0.29, 0.717) is 22.5 Å². The van der Waals surface area contributed by atoms with Crippen LogP contribution in [0.4, 0.5) is 17.1 Å². The number of methoxy groups -OCH3 is 2. The van der Waals surface area contributed by atoms with E-state index in [4.69, 9.17) is 13.9 Å². The Hall–Kier alpha value is -3.55. The van der Waals surface area contributed by atoms with Crippen LogP contribution in [-0.2, 0) is 0 Å². The Morgan fingerprint density at radius 3 is 2.40 bits per heavy atom. The van der Waals surface area contributed by atoms with Gasteiger partial charge in [0.1, 0.15) is 34.7 Å². The fourth-order valence-electron chi connectivity index (χ4n) is 2.36. The number of nitrogens with zero attached hydrogens (tertiary/aromatic N) is 1. The Balaban J connectivity index is 2.05. The highest BCUT2D eigenvalue weighted by atomic mass is 16.6. The first kappa shape index (κ1) is 16.3. The summed E-state index contributed by atoms with van der Waals surface area (Å²) in [7, 11) is 2.93. The molecule has 128 valence electrons. The number of nitrogens with one attached hydrogen (secondary N) is 1. The maximum atomic E-state index is 12.6. The molecule has 2 aromatic carbocycles. The lowest BCUT2D eigenvalue weighted by Gasteiger charge is -2.08. The summed E-state index contributed by atoms with van der Waals surface area (Å²) in [6.07, 6.45) is 1.22. The molecule has 25 heavy (non-hydrogen) atoms. The molecular weight excluding hydrogens is 328 g/mol. The number of nitro groups is 1. The van der Waals surface area contributed by atoms with Gasteiger partial charge in [0.25, 0.3) is 5.69 Å². The first-order valence-electron chi connectivity index (χ1n) is 7.22. The van der Waals surface area contributed by atoms with E-state index in [2.05, 4.69) is 5.32 Å². The zero-order chi connectivity index (χ0) is 18.0. The summed E-state index contributed by atoms with van der Waals surface area (Å²) in [6.45, 7) is 0. The zero-order valence-corrected chi connectivity index (χ0v) is 13.4. The zero-order valence-electron chi connectivity index (χ0n) is 13.4. The van der Waals surface area contributed by atoms with Crippen LogP contribution in [0, 0.1) is 10.1 Å². The average Bonchev–Trinajstić information content (AvgIpc) is 2.63. The maximum absolute atomic E-state index is 12.6. The van der Waals surface area contributed by atoms with E-state index in [-0.39, 0.29) is 22.5 Å². The van der Waals surface area contributed by atoms with Crippen molar-refractivity contribution in [3.05, 3.63) is 63.0 Å². The third kappa shape index (κ3) is 3.09. The van der Waals surface area contributed by atoms with Gasteiger partial charge in [0.15, 0.2) is 0 Å². The Labute approximate surface area is 141 Å². The van der Waals surface area contributed by atoms with Crippen LogP contribution in [0.1, 0.15) is 0 Å². The summed E-state index contributed by atoms with van der Waals surface area (Å²) in [5.41, 5.74) is 0.0543. The molecular formula is C17H14N2O6. The van der Waals surface area contributed by atoms with Crippen molar-refractivity contribution in [2.24, 2.45) is 0 Å². The van der Waals surface area contributed by atoms with Gasteiger partial charge < -0.3 is 19.2 Å². The molecule has 0 aliphatic carbocycles. The molecule has 1 aromatic heterocycles. The van der Waals surface area contributed by atoms with E-state index in [9.17, 15) is 14.9 Å². The summed E-state index contributed by atoms with van der Waals surface area (Å²) >= 11 is 0. The van der Waals surface area contributed by atoms with E-state index < -0.39 is 4.92 Å². The summed E-state index contributed by atoms with van der Waals surface area (Å²) < 4.78 is 15.5. The predicted molar refractivity (Wildman–Crippen MR) is 92.0 cm³/mol. The molecule has 0 radical (unpaired) electrons. The first-order chi connectivity index (χ1) is 12.0. The Morgan fingerprint density at radius 1 is 1.04 bits per heavy atom. The van der Waals surface area contributed by atoms with Gasteiger partial charge in [-0.3, -0.25) is 14.9 Å². The van der Waals surface area contributed by atoms with Gasteiger partial charge in [0.05, 0.1) is 30.6 Å². The number of fused-ring (bicyclic) bond motifs is 1. The average molecular weight is 342 g/mol. The number of benzene rings is 2. The lowest BCUT2D eigenvalue weighted by Crippen LogP contribution is -2.09. The molecule has 8 heteroatoms. The number of rotatable bonds is 5. The normalized spacial score (nSPS) is 10.5. The third-order valence-corrected chi connectivity index (χ3v) is 3.65. The monoisotopic (exact) mass is 342 g/mol. The molecule has 3 rings (SSSR count). The van der Waals surface area contributed by atoms with Crippen molar-refractivity contribution < 1.29 is 18.8 Å². The second kappa shape index (κ2) is 6.52. The molecule has 0 saturated carbocycles. The molecule has 1 heterocycles. The van der Waals surface area contributed by atoms with E-state index >= 15 is 0 Å². The van der Waals surface area contributed by atoms with Crippen molar-refractivity contribution in [1.29, 1.82) is 0 Å². The van der Waals surface area contributed by atoms with Gasteiger partial charge in [-0.1, -0.05) is 0 Å². The van der Waals surface area contributed by atoms with Gasteiger partial charge in [-0.15, -0.1) is 0 Å². The van der Waals surface area contributed by atoms with Crippen molar-refractivity contribution in [2.45, 2.75) is 0 Å². The molecule has 0 amide bonds. The smallest absolute Gasteiger partial charge is 0.296 e. The standard InChI is InChI=1S/C17H14N2O6/c1-23-10-4-6-13(15(7-10)19(21)22)18-14-9-25-16-8-11(24-2)3-5-12(16)17(14)20/h3-9,18H,1-2H3. The lowest BCUT2D eigenvalue weighted by molar-refractivity contribution is -0.384. The minimum atomic E-state index is -0.557. The van der Waals surface area contributed by atoms with Crippen molar-refractivity contribution >= 4 is 28.0 Å². The molecule has 0 aliphatic heterocycles. The number of hydrogen-bond acceptors (Lipinski definition) is 7. The van der Waals surface area contributed by atoms with Crippen LogP contribution in [0.3, 0.4) is 0 Å². The van der Waals surface area contributed by atoms with E-state index in [1.54, 1.807) is 24.3 Å². The SMILES string of the molecule is COc1ccc(Nc2coc3cc(OC)ccc3c2=O)c([N+](=O)[O-])c1. The van der Waals surface area contributed by atoms with Crippen LogP contribution >= 0.6 is 0 Å². The van der Waals surface area contributed by atoms with Crippen LogP contribution in [0.2, 0.25) is 0 Å². The molecule has 0 unspecified atom stereocenters. The summed E-state index contributed by atoms with van der Waals surface area (Å²) in [6, 6.07) is 9.11. The Bertz CT molecular complexity index is 1010. The molecule has 0 saturated heterocycles. The topological polar surface area (TPSA) is 104 Å². The van der Waals surface area contributed by atoms with Gasteiger partial charge >= 0.3 is 0 Å². The number of anilines is 2. The quantitative estimate of drug-likeness (QED) is 0.559. The molecule has 8 nitrogen and oxygen atoms in total. The summed E-state index contributed by atoms with van der Waals surface area (Å²) in [5.74, 6) is 0.900. The highest BCUT2D eigenvalue weighted by Gasteiger charge is 2.17. The molecule has 1 N–H and O–H groups in total. The van der Waals surface area contributed by atoms with E-state index in [1.165, 1.54) is 32.6 Å². The Morgan fingerprint density at radius 2 is 1.72 bits per heavy atom. The van der Waals surface area contributed by atoms with Crippen LogP contribution in [-0.4, -0.2) is 19.1 Å². The van der Waals surface area contributed by atoms with Crippen molar-refractivity contribution in [3.8, 4) is 11.5 Å². The summed E-state index contributed by atoms with van der Waals surface area (Å²) in [4.78, 5) is 23.3. The van der Waals surface area contributed by atoms with Crippen molar-refractivity contribution in [3.63, 3.8) is 0 Å². The molecule has 0 aliphatic rings. The predicted octanol–water partition coefficient (Wildman–Crippen LogP) is 3.46. The minimum absolute atomic E-state index is 0.0888. The van der Waals surface area contributed by atoms with E-state index in [1.807, 2.05) is 0 Å². The van der Waals surface area contributed by atoms with Crippen LogP contribution in [0.5, 0.6) is 11.5 Å². The third-order valence-electron chi connectivity index (χ3n) is 3.65. The van der Waals surface area contributed by atoms with Crippen molar-refractivity contribution in [2.75, 3.05) is 19.5 Å². The lowest BCUT2D eigenvalue weighted by atomic mass is 10.2. The van der Waals surface area contributed by atoms with Gasteiger partial charge in [-0.25, -0.2) is 0 Å². The summed E-state index contributed by atoms with van der Waals surface area (Å²) in [5, 5.41) is 14.3. The first-order valence-corrected chi connectivity index (χ1v) is 7.22.